The number of carbonyl (C=O) groups excluding carboxylic acids is 1. The van der Waals surface area contributed by atoms with Crippen molar-refractivity contribution in [1.82, 2.24) is 35.6 Å². The van der Waals surface area contributed by atoms with Crippen LogP contribution in [0.25, 0.3) is 5.82 Å². The number of hydrogen-bond acceptors (Lipinski definition) is 11. The third kappa shape index (κ3) is 6.99. The molecule has 3 heterocycles. The Kier molecular flexibility index (Phi) is 9.87. The molecule has 1 amide bonds. The van der Waals surface area contributed by atoms with Crippen LogP contribution < -0.4 is 20.6 Å². The van der Waals surface area contributed by atoms with E-state index in [2.05, 4.69) is 43.0 Å². The molecule has 1 aliphatic heterocycles. The number of piperidine rings is 1. The van der Waals surface area contributed by atoms with E-state index in [9.17, 15) is 4.79 Å². The van der Waals surface area contributed by atoms with Crippen LogP contribution in [0.3, 0.4) is 0 Å². The van der Waals surface area contributed by atoms with Crippen LogP contribution in [0, 0.1) is 0 Å². The van der Waals surface area contributed by atoms with E-state index < -0.39 is 5.91 Å². The summed E-state index contributed by atoms with van der Waals surface area (Å²) in [7, 11) is 1.57. The smallest absolute Gasteiger partial charge is 0.293 e. The Labute approximate surface area is 243 Å². The normalized spacial score (nSPS) is 15.4. The molecule has 13 nitrogen and oxygen atoms in total. The number of aromatic nitrogens is 5. The molecule has 0 radical (unpaired) electrons. The molecule has 0 bridgehead atoms. The Morgan fingerprint density at radius 1 is 1.20 bits per heavy atom. The van der Waals surface area contributed by atoms with Crippen molar-refractivity contribution in [2.75, 3.05) is 19.4 Å². The maximum absolute atomic E-state index is 13.1. The molecule has 1 aliphatic rings. The van der Waals surface area contributed by atoms with Crippen molar-refractivity contribution in [2.24, 2.45) is 5.10 Å². The summed E-state index contributed by atoms with van der Waals surface area (Å²) in [5.74, 6) is 0.851. The van der Waals surface area contributed by atoms with Crippen LogP contribution in [0.15, 0.2) is 58.3 Å². The van der Waals surface area contributed by atoms with Crippen LogP contribution in [0.5, 0.6) is 11.5 Å². The minimum absolute atomic E-state index is 0. The molecule has 0 saturated carbocycles. The van der Waals surface area contributed by atoms with Gasteiger partial charge in [-0.25, -0.2) is 10.1 Å². The fraction of sp³-hybridized carbons (Fsp3) is 0.333. The molecular formula is C27H32ClN9O4. The number of benzene rings is 2. The zero-order valence-electron chi connectivity index (χ0n) is 22.8. The van der Waals surface area contributed by atoms with Crippen molar-refractivity contribution in [3.8, 4) is 17.3 Å². The summed E-state index contributed by atoms with van der Waals surface area (Å²) in [5.41, 5.74) is 10.8. The van der Waals surface area contributed by atoms with Gasteiger partial charge in [-0.05, 0) is 65.9 Å². The molecular weight excluding hydrogens is 550 g/mol. The predicted octanol–water partition coefficient (Wildman–Crippen LogP) is 3.38. The summed E-state index contributed by atoms with van der Waals surface area (Å²) in [6, 6.07) is 15.6. The third-order valence-electron chi connectivity index (χ3n) is 6.77. The second-order valence-electron chi connectivity index (χ2n) is 9.47. The molecule has 0 aliphatic carbocycles. The van der Waals surface area contributed by atoms with Gasteiger partial charge < -0.3 is 15.2 Å². The second-order valence-corrected chi connectivity index (χ2v) is 9.47. The van der Waals surface area contributed by atoms with Gasteiger partial charge in [0.25, 0.3) is 5.91 Å². The van der Waals surface area contributed by atoms with Crippen molar-refractivity contribution in [3.63, 3.8) is 0 Å². The summed E-state index contributed by atoms with van der Waals surface area (Å²) >= 11 is 0. The van der Waals surface area contributed by atoms with Crippen LogP contribution in [-0.4, -0.2) is 62.0 Å². The summed E-state index contributed by atoms with van der Waals surface area (Å²) in [6.07, 6.45) is 4.82. The lowest BCUT2D eigenvalue weighted by molar-refractivity contribution is 0.0945. The van der Waals surface area contributed by atoms with Crippen LogP contribution in [0.4, 0.5) is 5.82 Å². The Bertz CT molecular complexity index is 1470. The third-order valence-corrected chi connectivity index (χ3v) is 6.77. The van der Waals surface area contributed by atoms with Crippen LogP contribution >= 0.6 is 12.4 Å². The largest absolute Gasteiger partial charge is 0.493 e. The number of hydrazone groups is 1. The minimum Gasteiger partial charge on any atom is -0.493 e. The molecule has 14 heteroatoms. The average molecular weight is 582 g/mol. The first-order valence-corrected chi connectivity index (χ1v) is 13.0. The number of amides is 1. The van der Waals surface area contributed by atoms with Gasteiger partial charge in [0.15, 0.2) is 17.2 Å². The van der Waals surface area contributed by atoms with E-state index in [4.69, 9.17) is 19.8 Å². The van der Waals surface area contributed by atoms with Crippen molar-refractivity contribution in [1.29, 1.82) is 0 Å². The molecule has 4 aromatic rings. The molecule has 5 rings (SSSR count). The molecule has 1 saturated heterocycles. The van der Waals surface area contributed by atoms with E-state index >= 15 is 0 Å². The number of hydrogen-bond donors (Lipinski definition) is 2. The van der Waals surface area contributed by atoms with Gasteiger partial charge in [0.2, 0.25) is 11.6 Å². The maximum atomic E-state index is 13.1. The van der Waals surface area contributed by atoms with E-state index in [1.54, 1.807) is 19.2 Å². The molecule has 1 unspecified atom stereocenters. The molecule has 3 N–H and O–H groups in total. The topological polar surface area (TPSA) is 159 Å². The number of likely N-dealkylation sites (tertiary alicyclic amines) is 1. The number of methoxy groups -OCH3 is 1. The highest BCUT2D eigenvalue weighted by Crippen LogP contribution is 2.28. The number of nitrogen functional groups attached to an aromatic ring is 1. The highest BCUT2D eigenvalue weighted by Gasteiger charge is 2.28. The number of carbonyl (C=O) groups is 1. The number of halogens is 1. The van der Waals surface area contributed by atoms with Gasteiger partial charge in [-0.3, -0.25) is 9.69 Å². The number of ether oxygens (including phenoxy) is 2. The zero-order valence-corrected chi connectivity index (χ0v) is 23.6. The SMILES string of the molecule is COc1cc(/C=N\NC(=O)c2nnn(-c3nonc3N)c2CN2CCCCC2C)ccc1OCc1ccccc1.Cl. The summed E-state index contributed by atoms with van der Waals surface area (Å²) < 4.78 is 17.5. The monoisotopic (exact) mass is 581 g/mol. The molecule has 216 valence electrons. The van der Waals surface area contributed by atoms with E-state index in [0.717, 1.165) is 24.9 Å². The standard InChI is InChI=1S/C27H31N9O4.ClH/c1-18-8-6-7-13-35(18)16-21-24(30-34-36(21)26-25(28)32-40-33-26)27(37)31-29-15-20-11-12-22(23(14-20)38-2)39-17-19-9-4-3-5-10-19;/h3-5,9-12,14-15,18H,6-8,13,16-17H2,1-2H3,(H2,28,32)(H,31,37);1H/b29-15-;. The molecule has 1 atom stereocenters. The van der Waals surface area contributed by atoms with Crippen molar-refractivity contribution < 1.29 is 18.9 Å². The Hall–Kier alpha value is -4.49. The number of rotatable bonds is 10. The lowest BCUT2D eigenvalue weighted by Gasteiger charge is -2.33. The van der Waals surface area contributed by atoms with E-state index in [-0.39, 0.29) is 29.7 Å². The van der Waals surface area contributed by atoms with Gasteiger partial charge in [-0.1, -0.05) is 42.0 Å². The summed E-state index contributed by atoms with van der Waals surface area (Å²) in [6.45, 7) is 3.89. The molecule has 2 aromatic carbocycles. The van der Waals surface area contributed by atoms with Crippen molar-refractivity contribution >= 4 is 30.3 Å². The quantitative estimate of drug-likeness (QED) is 0.210. The first-order chi connectivity index (χ1) is 19.5. The molecule has 1 fully saturated rings. The van der Waals surface area contributed by atoms with Gasteiger partial charge >= 0.3 is 0 Å². The van der Waals surface area contributed by atoms with Crippen molar-refractivity contribution in [2.45, 2.75) is 45.4 Å². The lowest BCUT2D eigenvalue weighted by Crippen LogP contribution is -2.38. The Balaban J connectivity index is 0.00000387. The zero-order chi connectivity index (χ0) is 27.9. The van der Waals surface area contributed by atoms with Crippen LogP contribution in [-0.2, 0) is 13.2 Å². The first kappa shape index (κ1) is 29.5. The maximum Gasteiger partial charge on any atom is 0.293 e. The lowest BCUT2D eigenvalue weighted by atomic mass is 10.0. The number of nitrogens with one attached hydrogen (secondary N) is 1. The highest BCUT2D eigenvalue weighted by atomic mass is 35.5. The van der Waals surface area contributed by atoms with Gasteiger partial charge in [0.05, 0.1) is 19.0 Å². The van der Waals surface area contributed by atoms with Gasteiger partial charge in [-0.15, -0.1) is 17.5 Å². The predicted molar refractivity (Wildman–Crippen MR) is 153 cm³/mol. The molecule has 41 heavy (non-hydrogen) atoms. The van der Waals surface area contributed by atoms with Gasteiger partial charge in [0, 0.05) is 12.6 Å². The van der Waals surface area contributed by atoms with E-state index in [0.29, 0.717) is 41.9 Å². The number of anilines is 1. The fourth-order valence-electron chi connectivity index (χ4n) is 4.55. The minimum atomic E-state index is -0.521. The second kappa shape index (κ2) is 13.7. The first-order valence-electron chi connectivity index (χ1n) is 13.0. The van der Waals surface area contributed by atoms with Crippen LogP contribution in [0.1, 0.15) is 53.5 Å². The molecule has 2 aromatic heterocycles. The highest BCUT2D eigenvalue weighted by molar-refractivity contribution is 5.94. The van der Waals surface area contributed by atoms with Crippen molar-refractivity contribution in [3.05, 3.63) is 71.0 Å². The Morgan fingerprint density at radius 3 is 2.76 bits per heavy atom. The summed E-state index contributed by atoms with van der Waals surface area (Å²) in [5, 5.41) is 19.8. The number of nitrogens with two attached hydrogens (primary N) is 1. The average Bonchev–Trinajstić information content (AvgIpc) is 3.59. The van der Waals surface area contributed by atoms with E-state index in [1.165, 1.54) is 17.3 Å². The fourth-order valence-corrected chi connectivity index (χ4v) is 4.55. The van der Waals surface area contributed by atoms with E-state index in [1.807, 2.05) is 36.4 Å². The summed E-state index contributed by atoms with van der Waals surface area (Å²) in [4.78, 5) is 15.4. The number of nitrogens with zero attached hydrogens (tertiary/aromatic N) is 7. The Morgan fingerprint density at radius 2 is 2.02 bits per heavy atom. The van der Waals surface area contributed by atoms with Crippen LogP contribution in [0.2, 0.25) is 0 Å². The van der Waals surface area contributed by atoms with Gasteiger partial charge in [0.1, 0.15) is 6.61 Å². The van der Waals surface area contributed by atoms with Gasteiger partial charge in [-0.2, -0.15) is 9.78 Å². The molecule has 0 spiro atoms.